The predicted molar refractivity (Wildman–Crippen MR) is 85.3 cm³/mol. The molecule has 2 fully saturated rings. The minimum atomic E-state index is -0.153. The molecule has 3 rings (SSSR count). The van der Waals surface area contributed by atoms with Gasteiger partial charge in [-0.2, -0.15) is 0 Å². The first-order valence-corrected chi connectivity index (χ1v) is 8.15. The summed E-state index contributed by atoms with van der Waals surface area (Å²) < 4.78 is 0. The van der Waals surface area contributed by atoms with Crippen LogP contribution >= 0.6 is 0 Å². The van der Waals surface area contributed by atoms with Gasteiger partial charge in [-0.1, -0.05) is 30.3 Å². The van der Waals surface area contributed by atoms with E-state index in [0.29, 0.717) is 24.8 Å². The van der Waals surface area contributed by atoms with Crippen LogP contribution in [0.15, 0.2) is 30.3 Å². The molecule has 1 aromatic carbocycles. The van der Waals surface area contributed by atoms with Crippen molar-refractivity contribution in [3.8, 4) is 0 Å². The molecule has 2 amide bonds. The summed E-state index contributed by atoms with van der Waals surface area (Å²) in [6.07, 6.45) is 2.26. The van der Waals surface area contributed by atoms with E-state index >= 15 is 0 Å². The Labute approximate surface area is 131 Å². The van der Waals surface area contributed by atoms with Crippen LogP contribution in [0.5, 0.6) is 0 Å². The Balaban J connectivity index is 1.51. The van der Waals surface area contributed by atoms with Gasteiger partial charge in [-0.25, -0.2) is 0 Å². The second-order valence-corrected chi connectivity index (χ2v) is 6.72. The maximum Gasteiger partial charge on any atom is 0.223 e. The molecule has 0 spiro atoms. The molecule has 4 nitrogen and oxygen atoms in total. The van der Waals surface area contributed by atoms with Gasteiger partial charge < -0.3 is 10.2 Å². The van der Waals surface area contributed by atoms with Crippen LogP contribution in [0.1, 0.15) is 37.7 Å². The first kappa shape index (κ1) is 15.1. The van der Waals surface area contributed by atoms with Crippen molar-refractivity contribution < 1.29 is 9.59 Å². The maximum absolute atomic E-state index is 12.4. The third kappa shape index (κ3) is 3.16. The fraction of sp³-hybridized carbons (Fsp3) is 0.556. The van der Waals surface area contributed by atoms with E-state index in [2.05, 4.69) is 36.5 Å². The lowest BCUT2D eigenvalue weighted by Crippen LogP contribution is -2.44. The standard InChI is InChI=1S/C18H24N2O2/c1-12(15-11-16(15)13-6-4-3-5-7-13)19-18(22)14-8-9-20(2)17(21)10-14/h3-7,12,14-16H,8-11H2,1-2H3,(H,19,22). The van der Waals surface area contributed by atoms with Gasteiger partial charge in [0.05, 0.1) is 0 Å². The largest absolute Gasteiger partial charge is 0.353 e. The maximum atomic E-state index is 12.4. The van der Waals surface area contributed by atoms with E-state index in [1.165, 1.54) is 5.56 Å². The molecule has 118 valence electrons. The Morgan fingerprint density at radius 2 is 2.05 bits per heavy atom. The zero-order valence-electron chi connectivity index (χ0n) is 13.3. The number of nitrogens with one attached hydrogen (secondary N) is 1. The fourth-order valence-electron chi connectivity index (χ4n) is 3.47. The van der Waals surface area contributed by atoms with Crippen LogP contribution in [0.3, 0.4) is 0 Å². The summed E-state index contributed by atoms with van der Waals surface area (Å²) >= 11 is 0. The van der Waals surface area contributed by atoms with E-state index in [0.717, 1.165) is 12.8 Å². The van der Waals surface area contributed by atoms with Gasteiger partial charge in [0.15, 0.2) is 0 Å². The molecule has 22 heavy (non-hydrogen) atoms. The molecule has 1 saturated heterocycles. The van der Waals surface area contributed by atoms with Crippen molar-refractivity contribution in [2.24, 2.45) is 11.8 Å². The highest BCUT2D eigenvalue weighted by atomic mass is 16.2. The van der Waals surface area contributed by atoms with E-state index in [-0.39, 0.29) is 23.8 Å². The fourth-order valence-corrected chi connectivity index (χ4v) is 3.47. The number of piperidine rings is 1. The first-order chi connectivity index (χ1) is 10.6. The topological polar surface area (TPSA) is 49.4 Å². The lowest BCUT2D eigenvalue weighted by atomic mass is 9.95. The Morgan fingerprint density at radius 3 is 2.73 bits per heavy atom. The van der Waals surface area contributed by atoms with Gasteiger partial charge in [0.2, 0.25) is 11.8 Å². The molecule has 1 aliphatic heterocycles. The summed E-state index contributed by atoms with van der Waals surface area (Å²) in [5.41, 5.74) is 1.36. The third-order valence-electron chi connectivity index (χ3n) is 5.11. The molecule has 2 aliphatic rings. The minimum Gasteiger partial charge on any atom is -0.353 e. The average molecular weight is 300 g/mol. The number of nitrogens with zero attached hydrogens (tertiary/aromatic N) is 1. The third-order valence-corrected chi connectivity index (χ3v) is 5.11. The van der Waals surface area contributed by atoms with Crippen molar-refractivity contribution >= 4 is 11.8 Å². The van der Waals surface area contributed by atoms with Crippen LogP contribution in [-0.4, -0.2) is 36.3 Å². The molecule has 1 N–H and O–H groups in total. The first-order valence-electron chi connectivity index (χ1n) is 8.15. The Kier molecular flexibility index (Phi) is 4.19. The lowest BCUT2D eigenvalue weighted by Gasteiger charge is -2.29. The van der Waals surface area contributed by atoms with Crippen molar-refractivity contribution in [2.75, 3.05) is 13.6 Å². The molecule has 4 atom stereocenters. The number of hydrogen-bond acceptors (Lipinski definition) is 2. The number of carbonyl (C=O) groups is 2. The van der Waals surface area contributed by atoms with Crippen molar-refractivity contribution in [3.05, 3.63) is 35.9 Å². The van der Waals surface area contributed by atoms with Crippen molar-refractivity contribution in [1.29, 1.82) is 0 Å². The van der Waals surface area contributed by atoms with Gasteiger partial charge in [0.25, 0.3) is 0 Å². The second kappa shape index (κ2) is 6.11. The normalized spacial score (nSPS) is 29.1. The smallest absolute Gasteiger partial charge is 0.223 e. The van der Waals surface area contributed by atoms with Gasteiger partial charge in [0, 0.05) is 32.0 Å². The summed E-state index contributed by atoms with van der Waals surface area (Å²) in [5, 5.41) is 3.14. The predicted octanol–water partition coefficient (Wildman–Crippen LogP) is 2.16. The van der Waals surface area contributed by atoms with Crippen LogP contribution in [0.25, 0.3) is 0 Å². The average Bonchev–Trinajstić information content (AvgIpc) is 3.31. The minimum absolute atomic E-state index is 0.0488. The number of rotatable bonds is 4. The summed E-state index contributed by atoms with van der Waals surface area (Å²) in [4.78, 5) is 25.8. The summed E-state index contributed by atoms with van der Waals surface area (Å²) in [5.74, 6) is 1.06. The van der Waals surface area contributed by atoms with Crippen molar-refractivity contribution in [2.45, 2.75) is 38.1 Å². The molecule has 0 bridgehead atoms. The van der Waals surface area contributed by atoms with E-state index in [1.54, 1.807) is 11.9 Å². The summed E-state index contributed by atoms with van der Waals surface area (Å²) in [6.45, 7) is 2.77. The number of likely N-dealkylation sites (tertiary alicyclic amines) is 1. The zero-order chi connectivity index (χ0) is 15.7. The lowest BCUT2D eigenvalue weighted by molar-refractivity contribution is -0.139. The van der Waals surface area contributed by atoms with Gasteiger partial charge in [-0.3, -0.25) is 9.59 Å². The molecule has 4 unspecified atom stereocenters. The van der Waals surface area contributed by atoms with Gasteiger partial charge in [-0.05, 0) is 37.2 Å². The second-order valence-electron chi connectivity index (χ2n) is 6.72. The van der Waals surface area contributed by atoms with Crippen LogP contribution in [0, 0.1) is 11.8 Å². The number of benzene rings is 1. The summed E-state index contributed by atoms with van der Waals surface area (Å²) in [7, 11) is 1.80. The molecule has 0 aromatic heterocycles. The molecule has 4 heteroatoms. The zero-order valence-corrected chi connectivity index (χ0v) is 13.3. The van der Waals surface area contributed by atoms with E-state index < -0.39 is 0 Å². The Hall–Kier alpha value is -1.84. The highest BCUT2D eigenvalue weighted by Crippen LogP contribution is 2.49. The molecular formula is C18H24N2O2. The quantitative estimate of drug-likeness (QED) is 0.926. The van der Waals surface area contributed by atoms with Crippen molar-refractivity contribution in [3.63, 3.8) is 0 Å². The molecule has 1 heterocycles. The Bertz CT molecular complexity index is 557. The van der Waals surface area contributed by atoms with E-state index in [4.69, 9.17) is 0 Å². The molecule has 1 saturated carbocycles. The van der Waals surface area contributed by atoms with Crippen LogP contribution in [0.2, 0.25) is 0 Å². The van der Waals surface area contributed by atoms with Crippen molar-refractivity contribution in [1.82, 2.24) is 10.2 Å². The highest BCUT2D eigenvalue weighted by Gasteiger charge is 2.43. The molecular weight excluding hydrogens is 276 g/mol. The van der Waals surface area contributed by atoms with E-state index in [9.17, 15) is 9.59 Å². The SMILES string of the molecule is CC(NC(=O)C1CCN(C)C(=O)C1)C1CC1c1ccccc1. The van der Waals surface area contributed by atoms with Crippen LogP contribution in [-0.2, 0) is 9.59 Å². The highest BCUT2D eigenvalue weighted by molar-refractivity contribution is 5.87. The number of amides is 2. The number of carbonyl (C=O) groups excluding carboxylic acids is 2. The number of hydrogen-bond donors (Lipinski definition) is 1. The van der Waals surface area contributed by atoms with Crippen LogP contribution < -0.4 is 5.32 Å². The summed E-state index contributed by atoms with van der Waals surface area (Å²) in [6, 6.07) is 10.7. The van der Waals surface area contributed by atoms with E-state index in [1.807, 2.05) is 6.07 Å². The van der Waals surface area contributed by atoms with Gasteiger partial charge in [-0.15, -0.1) is 0 Å². The van der Waals surface area contributed by atoms with Crippen LogP contribution in [0.4, 0.5) is 0 Å². The monoisotopic (exact) mass is 300 g/mol. The molecule has 0 radical (unpaired) electrons. The molecule has 1 aliphatic carbocycles. The van der Waals surface area contributed by atoms with Gasteiger partial charge in [0.1, 0.15) is 0 Å². The molecule has 1 aromatic rings. The van der Waals surface area contributed by atoms with Gasteiger partial charge >= 0.3 is 0 Å². The Morgan fingerprint density at radius 1 is 1.32 bits per heavy atom.